The summed E-state index contributed by atoms with van der Waals surface area (Å²) in [7, 11) is 0. The van der Waals surface area contributed by atoms with Crippen LogP contribution in [0.5, 0.6) is 0 Å². The van der Waals surface area contributed by atoms with Gasteiger partial charge in [-0.1, -0.05) is 114 Å². The van der Waals surface area contributed by atoms with Crippen molar-refractivity contribution >= 4 is 21.8 Å². The van der Waals surface area contributed by atoms with Crippen LogP contribution < -0.4 is 0 Å². The molecule has 0 saturated carbocycles. The summed E-state index contributed by atoms with van der Waals surface area (Å²) in [6, 6.07) is 41.3. The maximum Gasteiger partial charge on any atom is 0.101 e. The Morgan fingerprint density at radius 2 is 1.02 bits per heavy atom. The molecule has 5 aromatic carbocycles. The summed E-state index contributed by atoms with van der Waals surface area (Å²) >= 11 is 0. The minimum atomic E-state index is 0.0224. The van der Waals surface area contributed by atoms with Gasteiger partial charge in [0, 0.05) is 16.3 Å². The zero-order chi connectivity index (χ0) is 28.9. The lowest BCUT2D eigenvalue weighted by atomic mass is 9.85. The van der Waals surface area contributed by atoms with E-state index in [0.717, 1.165) is 39.0 Å². The van der Waals surface area contributed by atoms with E-state index >= 15 is 0 Å². The number of hydrogen-bond acceptors (Lipinski definition) is 1. The molecule has 2 nitrogen and oxygen atoms in total. The van der Waals surface area contributed by atoms with Crippen LogP contribution in [0.1, 0.15) is 58.2 Å². The number of nitrogens with zero attached hydrogens (tertiary/aromatic N) is 2. The summed E-state index contributed by atoms with van der Waals surface area (Å²) in [5, 5.41) is 13.1. The number of benzene rings is 5. The van der Waals surface area contributed by atoms with Crippen LogP contribution in [-0.4, -0.2) is 4.57 Å². The molecule has 0 spiro atoms. The number of fused-ring (bicyclic) bond motifs is 3. The average Bonchev–Trinajstić information content (AvgIpc) is 3.29. The van der Waals surface area contributed by atoms with Gasteiger partial charge in [0.15, 0.2) is 0 Å². The summed E-state index contributed by atoms with van der Waals surface area (Å²) in [6.07, 6.45) is 0. The van der Waals surface area contributed by atoms with Crippen LogP contribution in [0.15, 0.2) is 109 Å². The van der Waals surface area contributed by atoms with Crippen molar-refractivity contribution in [2.24, 2.45) is 0 Å². The largest absolute Gasteiger partial charge is 0.307 e. The predicted molar refractivity (Wildman–Crippen MR) is 174 cm³/mol. The molecule has 6 rings (SSSR count). The average molecular weight is 533 g/mol. The van der Waals surface area contributed by atoms with Gasteiger partial charge in [0.05, 0.1) is 22.3 Å². The zero-order valence-electron chi connectivity index (χ0n) is 24.8. The number of hydrogen-bond donors (Lipinski definition) is 0. The lowest BCUT2D eigenvalue weighted by Gasteiger charge is -2.20. The van der Waals surface area contributed by atoms with Gasteiger partial charge in [-0.3, -0.25) is 0 Å². The zero-order valence-corrected chi connectivity index (χ0v) is 24.8. The molecule has 1 heterocycles. The molecule has 0 N–H and O–H groups in total. The lowest BCUT2D eigenvalue weighted by molar-refractivity contribution is 0.590. The van der Waals surface area contributed by atoms with Gasteiger partial charge in [-0.25, -0.2) is 0 Å². The summed E-state index contributed by atoms with van der Waals surface area (Å²) < 4.78 is 2.32. The first kappa shape index (κ1) is 26.6. The van der Waals surface area contributed by atoms with Crippen molar-refractivity contribution in [1.82, 2.24) is 4.57 Å². The molecule has 0 fully saturated rings. The number of nitriles is 1. The Balaban J connectivity index is 1.77. The van der Waals surface area contributed by atoms with Crippen LogP contribution in [0.25, 0.3) is 49.7 Å². The normalized spacial score (nSPS) is 12.1. The fraction of sp³-hybridized carbons (Fsp3) is 0.205. The maximum atomic E-state index is 10.6. The molecular formula is C39H36N2. The molecule has 2 heteroatoms. The smallest absolute Gasteiger partial charge is 0.101 e. The minimum Gasteiger partial charge on any atom is -0.307 e. The predicted octanol–water partition coefficient (Wildman–Crippen LogP) is 10.6. The molecule has 0 unspecified atom stereocenters. The van der Waals surface area contributed by atoms with Crippen molar-refractivity contribution in [2.75, 3.05) is 0 Å². The van der Waals surface area contributed by atoms with Crippen LogP contribution >= 0.6 is 0 Å². The van der Waals surface area contributed by atoms with Crippen molar-refractivity contribution < 1.29 is 0 Å². The minimum absolute atomic E-state index is 0.0224. The molecule has 1 aromatic heterocycles. The molecule has 41 heavy (non-hydrogen) atoms. The maximum absolute atomic E-state index is 10.6. The van der Waals surface area contributed by atoms with Gasteiger partial charge in [0.2, 0.25) is 0 Å². The van der Waals surface area contributed by atoms with Crippen molar-refractivity contribution in [3.05, 3.63) is 126 Å². The second kappa shape index (κ2) is 9.79. The summed E-state index contributed by atoms with van der Waals surface area (Å²) in [5.41, 5.74) is 10.7. The third-order valence-corrected chi connectivity index (χ3v) is 8.14. The Bertz CT molecular complexity index is 1870. The molecule has 202 valence electrons. The molecule has 0 radical (unpaired) electrons. The summed E-state index contributed by atoms with van der Waals surface area (Å²) in [6.45, 7) is 13.6. The van der Waals surface area contributed by atoms with E-state index < -0.39 is 0 Å². The lowest BCUT2D eigenvalue weighted by Crippen LogP contribution is -2.10. The fourth-order valence-corrected chi connectivity index (χ4v) is 5.79. The van der Waals surface area contributed by atoms with E-state index in [1.165, 1.54) is 21.9 Å². The number of rotatable bonds is 3. The summed E-state index contributed by atoms with van der Waals surface area (Å²) in [4.78, 5) is 0. The van der Waals surface area contributed by atoms with E-state index in [1.807, 2.05) is 30.3 Å². The van der Waals surface area contributed by atoms with Gasteiger partial charge in [0.25, 0.3) is 0 Å². The Kier molecular flexibility index (Phi) is 6.35. The quantitative estimate of drug-likeness (QED) is 0.223. The van der Waals surface area contributed by atoms with Gasteiger partial charge in [-0.2, -0.15) is 5.26 Å². The highest BCUT2D eigenvalue weighted by Gasteiger charge is 2.24. The first-order valence-electron chi connectivity index (χ1n) is 14.3. The Morgan fingerprint density at radius 1 is 0.537 bits per heavy atom. The van der Waals surface area contributed by atoms with Crippen LogP contribution in [0, 0.1) is 11.3 Å². The molecule has 0 saturated heterocycles. The van der Waals surface area contributed by atoms with E-state index in [1.54, 1.807) is 0 Å². The highest BCUT2D eigenvalue weighted by molar-refractivity contribution is 6.10. The first-order chi connectivity index (χ1) is 19.6. The summed E-state index contributed by atoms with van der Waals surface area (Å²) in [5.74, 6) is 0. The molecule has 0 bridgehead atoms. The fourth-order valence-electron chi connectivity index (χ4n) is 5.79. The van der Waals surface area contributed by atoms with Crippen LogP contribution in [0.4, 0.5) is 0 Å². The van der Waals surface area contributed by atoms with E-state index in [4.69, 9.17) is 0 Å². The van der Waals surface area contributed by atoms with E-state index in [-0.39, 0.29) is 10.8 Å². The molecule has 0 aliphatic carbocycles. The SMILES string of the molecule is CC(C)(C)c1ccc2c(c1)c1cc(C(C)(C)C)ccc1n2-c1c(C#N)cc(-c2ccccc2)cc1-c1ccccc1. The second-order valence-electron chi connectivity index (χ2n) is 13.1. The van der Waals surface area contributed by atoms with Gasteiger partial charge in [0.1, 0.15) is 6.07 Å². The van der Waals surface area contributed by atoms with Crippen molar-refractivity contribution in [1.29, 1.82) is 5.26 Å². The monoisotopic (exact) mass is 532 g/mol. The Morgan fingerprint density at radius 3 is 1.49 bits per heavy atom. The van der Waals surface area contributed by atoms with Gasteiger partial charge < -0.3 is 4.57 Å². The molecule has 0 atom stereocenters. The molecule has 6 aromatic rings. The highest BCUT2D eigenvalue weighted by Crippen LogP contribution is 2.42. The number of aromatic nitrogens is 1. The van der Waals surface area contributed by atoms with Crippen molar-refractivity contribution in [3.8, 4) is 34.0 Å². The van der Waals surface area contributed by atoms with Crippen molar-refractivity contribution in [2.45, 2.75) is 52.4 Å². The molecule has 0 amide bonds. The highest BCUT2D eigenvalue weighted by atomic mass is 15.0. The van der Waals surface area contributed by atoms with Crippen molar-refractivity contribution in [3.63, 3.8) is 0 Å². The van der Waals surface area contributed by atoms with Gasteiger partial charge in [-0.15, -0.1) is 0 Å². The standard InChI is InChI=1S/C39H36N2/c1-38(2,3)30-17-19-35-33(23-30)34-24-31(39(4,5)6)18-20-36(34)41(35)37-29(25-40)21-28(26-13-9-7-10-14-26)22-32(37)27-15-11-8-12-16-27/h7-24H,1-6H3. The molecular weight excluding hydrogens is 496 g/mol. The van der Waals surface area contributed by atoms with Gasteiger partial charge >= 0.3 is 0 Å². The van der Waals surface area contributed by atoms with E-state index in [9.17, 15) is 5.26 Å². The van der Waals surface area contributed by atoms with Crippen LogP contribution in [0.2, 0.25) is 0 Å². The topological polar surface area (TPSA) is 28.7 Å². The Hall–Kier alpha value is -4.61. The van der Waals surface area contributed by atoms with E-state index in [2.05, 4.69) is 131 Å². The van der Waals surface area contributed by atoms with E-state index in [0.29, 0.717) is 5.56 Å². The second-order valence-corrected chi connectivity index (χ2v) is 13.1. The van der Waals surface area contributed by atoms with Crippen LogP contribution in [-0.2, 0) is 10.8 Å². The molecule has 0 aliphatic rings. The van der Waals surface area contributed by atoms with Crippen LogP contribution in [0.3, 0.4) is 0 Å². The third kappa shape index (κ3) is 4.72. The van der Waals surface area contributed by atoms with Gasteiger partial charge in [-0.05, 0) is 75.0 Å². The Labute approximate surface area is 243 Å². The molecule has 0 aliphatic heterocycles. The third-order valence-electron chi connectivity index (χ3n) is 8.14. The first-order valence-corrected chi connectivity index (χ1v) is 14.3.